The van der Waals surface area contributed by atoms with Gasteiger partial charge in [0.15, 0.2) is 0 Å². The van der Waals surface area contributed by atoms with E-state index < -0.39 is 0 Å². The van der Waals surface area contributed by atoms with Crippen molar-refractivity contribution in [1.29, 1.82) is 0 Å². The number of hydrogen-bond acceptors (Lipinski definition) is 7. The number of fused-ring (bicyclic) bond motifs is 1. The first-order valence-electron chi connectivity index (χ1n) is 8.33. The Balaban J connectivity index is 1.86. The Hall–Kier alpha value is -1.60. The minimum atomic E-state index is 0.0342. The zero-order chi connectivity index (χ0) is 16.6. The van der Waals surface area contributed by atoms with Crippen LogP contribution in [0.5, 0.6) is 0 Å². The molecule has 2 aliphatic rings. The number of nitrogens with zero attached hydrogens (tertiary/aromatic N) is 5. The standard InChI is InChI=1S/C16H28N6O/c1-20(2)15-18-13(17)9-14(19-15)22-8-6-16(11-23)5-4-7-21(3)12(16)10-22/h9,12,23H,4-8,10-11H2,1-3H3,(H2,17,18,19)/t12-,16-/m1/s1. The molecule has 0 spiro atoms. The van der Waals surface area contributed by atoms with Crippen LogP contribution in [0.15, 0.2) is 6.07 Å². The maximum absolute atomic E-state index is 10.0. The number of piperidine rings is 2. The Labute approximate surface area is 138 Å². The normalized spacial score (nSPS) is 28.5. The zero-order valence-electron chi connectivity index (χ0n) is 14.4. The molecule has 3 heterocycles. The minimum Gasteiger partial charge on any atom is -0.396 e. The van der Waals surface area contributed by atoms with Gasteiger partial charge in [-0.1, -0.05) is 0 Å². The van der Waals surface area contributed by atoms with E-state index in [-0.39, 0.29) is 12.0 Å². The van der Waals surface area contributed by atoms with E-state index in [2.05, 4.69) is 26.8 Å². The minimum absolute atomic E-state index is 0.0342. The number of nitrogen functional groups attached to an aromatic ring is 1. The molecule has 0 amide bonds. The van der Waals surface area contributed by atoms with Gasteiger partial charge >= 0.3 is 0 Å². The van der Waals surface area contributed by atoms with Gasteiger partial charge in [0.1, 0.15) is 11.6 Å². The van der Waals surface area contributed by atoms with Gasteiger partial charge in [-0.05, 0) is 32.9 Å². The fourth-order valence-electron chi connectivity index (χ4n) is 4.03. The van der Waals surface area contributed by atoms with Gasteiger partial charge in [0.2, 0.25) is 5.95 Å². The number of anilines is 3. The first-order valence-corrected chi connectivity index (χ1v) is 8.33. The largest absolute Gasteiger partial charge is 0.396 e. The van der Waals surface area contributed by atoms with Crippen LogP contribution in [0.3, 0.4) is 0 Å². The van der Waals surface area contributed by atoms with Crippen LogP contribution in [0.4, 0.5) is 17.6 Å². The number of aliphatic hydroxyl groups is 1. The Morgan fingerprint density at radius 3 is 2.83 bits per heavy atom. The summed E-state index contributed by atoms with van der Waals surface area (Å²) in [5, 5.41) is 10.0. The van der Waals surface area contributed by atoms with Crippen molar-refractivity contribution in [1.82, 2.24) is 14.9 Å². The van der Waals surface area contributed by atoms with E-state index in [0.717, 1.165) is 38.3 Å². The number of aliphatic hydroxyl groups excluding tert-OH is 1. The summed E-state index contributed by atoms with van der Waals surface area (Å²) in [4.78, 5) is 15.5. The summed E-state index contributed by atoms with van der Waals surface area (Å²) in [6.45, 7) is 3.13. The van der Waals surface area contributed by atoms with Crippen molar-refractivity contribution in [2.45, 2.75) is 25.3 Å². The van der Waals surface area contributed by atoms with Crippen molar-refractivity contribution in [2.75, 3.05) is 62.9 Å². The lowest BCUT2D eigenvalue weighted by atomic mass is 9.69. The lowest BCUT2D eigenvalue weighted by Crippen LogP contribution is -2.61. The van der Waals surface area contributed by atoms with Crippen molar-refractivity contribution in [3.63, 3.8) is 0 Å². The number of likely N-dealkylation sites (N-methyl/N-ethyl adjacent to an activating group) is 1. The van der Waals surface area contributed by atoms with Crippen molar-refractivity contribution in [3.8, 4) is 0 Å². The zero-order valence-corrected chi connectivity index (χ0v) is 14.4. The smallest absolute Gasteiger partial charge is 0.228 e. The third kappa shape index (κ3) is 2.95. The highest BCUT2D eigenvalue weighted by atomic mass is 16.3. The molecule has 2 atom stereocenters. The van der Waals surface area contributed by atoms with Crippen LogP contribution in [0.2, 0.25) is 0 Å². The molecular formula is C16H28N6O. The lowest BCUT2D eigenvalue weighted by molar-refractivity contribution is -0.0277. The third-order valence-corrected chi connectivity index (χ3v) is 5.46. The third-order valence-electron chi connectivity index (χ3n) is 5.46. The molecule has 7 heteroatoms. The molecule has 3 N–H and O–H groups in total. The number of rotatable bonds is 3. The van der Waals surface area contributed by atoms with E-state index in [9.17, 15) is 5.11 Å². The summed E-state index contributed by atoms with van der Waals surface area (Å²) in [7, 11) is 6.00. The monoisotopic (exact) mass is 320 g/mol. The van der Waals surface area contributed by atoms with Crippen molar-refractivity contribution in [3.05, 3.63) is 6.07 Å². The quantitative estimate of drug-likeness (QED) is 0.834. The van der Waals surface area contributed by atoms with Crippen LogP contribution in [-0.2, 0) is 0 Å². The molecule has 0 radical (unpaired) electrons. The van der Waals surface area contributed by atoms with Crippen LogP contribution in [-0.4, -0.2) is 73.4 Å². The number of hydrogen-bond donors (Lipinski definition) is 2. The molecule has 7 nitrogen and oxygen atoms in total. The van der Waals surface area contributed by atoms with Gasteiger partial charge in [-0.25, -0.2) is 0 Å². The van der Waals surface area contributed by atoms with Gasteiger partial charge < -0.3 is 25.5 Å². The van der Waals surface area contributed by atoms with Crippen molar-refractivity contribution in [2.24, 2.45) is 5.41 Å². The first-order chi connectivity index (χ1) is 10.9. The maximum atomic E-state index is 10.0. The van der Waals surface area contributed by atoms with Crippen LogP contribution < -0.4 is 15.5 Å². The SMILES string of the molecule is CN(C)c1nc(N)cc(N2CC[C@@]3(CO)CCCN(C)[C@@H]3C2)n1. The molecule has 0 unspecified atom stereocenters. The molecular weight excluding hydrogens is 292 g/mol. The highest BCUT2D eigenvalue weighted by Crippen LogP contribution is 2.42. The van der Waals surface area contributed by atoms with Crippen LogP contribution >= 0.6 is 0 Å². The van der Waals surface area contributed by atoms with E-state index in [4.69, 9.17) is 5.73 Å². The fourth-order valence-corrected chi connectivity index (χ4v) is 4.03. The van der Waals surface area contributed by atoms with E-state index in [1.54, 1.807) is 0 Å². The second kappa shape index (κ2) is 6.13. The predicted octanol–water partition coefficient (Wildman–Crippen LogP) is 0.408. The predicted molar refractivity (Wildman–Crippen MR) is 92.8 cm³/mol. The highest BCUT2D eigenvalue weighted by Gasteiger charge is 2.46. The number of likely N-dealkylation sites (tertiary alicyclic amines) is 1. The van der Waals surface area contributed by atoms with Crippen molar-refractivity contribution < 1.29 is 5.11 Å². The summed E-state index contributed by atoms with van der Waals surface area (Å²) < 4.78 is 0. The molecule has 1 aromatic heterocycles. The Kier molecular flexibility index (Phi) is 4.33. The molecule has 1 aromatic rings. The summed E-state index contributed by atoms with van der Waals surface area (Å²) in [6.07, 6.45) is 3.26. The number of aromatic nitrogens is 2. The maximum Gasteiger partial charge on any atom is 0.228 e. The van der Waals surface area contributed by atoms with Crippen molar-refractivity contribution >= 4 is 17.6 Å². The van der Waals surface area contributed by atoms with Crippen LogP contribution in [0, 0.1) is 5.41 Å². The van der Waals surface area contributed by atoms with Gasteiger partial charge in [0, 0.05) is 44.7 Å². The van der Waals surface area contributed by atoms with E-state index >= 15 is 0 Å². The second-order valence-corrected chi connectivity index (χ2v) is 7.16. The Morgan fingerprint density at radius 2 is 2.13 bits per heavy atom. The lowest BCUT2D eigenvalue weighted by Gasteiger charge is -2.53. The number of nitrogens with two attached hydrogens (primary N) is 1. The van der Waals surface area contributed by atoms with E-state index in [1.165, 1.54) is 6.42 Å². The van der Waals surface area contributed by atoms with Gasteiger partial charge in [-0.15, -0.1) is 0 Å². The molecule has 2 aliphatic heterocycles. The Bertz CT molecular complexity index is 566. The molecule has 128 valence electrons. The van der Waals surface area contributed by atoms with Crippen LogP contribution in [0.25, 0.3) is 0 Å². The second-order valence-electron chi connectivity index (χ2n) is 7.16. The molecule has 23 heavy (non-hydrogen) atoms. The average molecular weight is 320 g/mol. The topological polar surface area (TPSA) is 81.8 Å². The molecule has 2 saturated heterocycles. The fraction of sp³-hybridized carbons (Fsp3) is 0.750. The van der Waals surface area contributed by atoms with E-state index in [1.807, 2.05) is 25.1 Å². The van der Waals surface area contributed by atoms with Gasteiger partial charge in [-0.2, -0.15) is 9.97 Å². The highest BCUT2D eigenvalue weighted by molar-refractivity contribution is 5.52. The van der Waals surface area contributed by atoms with E-state index in [0.29, 0.717) is 17.8 Å². The summed E-state index contributed by atoms with van der Waals surface area (Å²) in [5.74, 6) is 2.01. The van der Waals surface area contributed by atoms with Gasteiger partial charge in [0.25, 0.3) is 0 Å². The molecule has 2 fully saturated rings. The molecule has 0 aliphatic carbocycles. The summed E-state index contributed by atoms with van der Waals surface area (Å²) >= 11 is 0. The summed E-state index contributed by atoms with van der Waals surface area (Å²) in [6, 6.07) is 2.20. The average Bonchev–Trinajstić information content (AvgIpc) is 2.54. The van der Waals surface area contributed by atoms with Gasteiger partial charge in [-0.3, -0.25) is 0 Å². The molecule has 0 bridgehead atoms. The van der Waals surface area contributed by atoms with Gasteiger partial charge in [0.05, 0.1) is 6.61 Å². The Morgan fingerprint density at radius 1 is 1.35 bits per heavy atom. The first kappa shape index (κ1) is 16.3. The molecule has 0 aromatic carbocycles. The molecule has 3 rings (SSSR count). The van der Waals surface area contributed by atoms with Crippen LogP contribution in [0.1, 0.15) is 19.3 Å². The summed E-state index contributed by atoms with van der Waals surface area (Å²) in [5.41, 5.74) is 5.99. The molecule has 0 saturated carbocycles.